The summed E-state index contributed by atoms with van der Waals surface area (Å²) in [7, 11) is 3.64. The zero-order valence-corrected chi connectivity index (χ0v) is 22.3. The molecular weight excluding hydrogens is 513 g/mol. The zero-order valence-electron chi connectivity index (χ0n) is 22.3. The number of rotatable bonds is 5. The lowest BCUT2D eigenvalue weighted by Gasteiger charge is -2.36. The highest BCUT2D eigenvalue weighted by atomic mass is 19.4. The molecule has 3 fully saturated rings. The lowest BCUT2D eigenvalue weighted by atomic mass is 9.78. The highest BCUT2D eigenvalue weighted by molar-refractivity contribution is 5.80. The minimum absolute atomic E-state index is 0.00935. The first-order chi connectivity index (χ1) is 18.7. The van der Waals surface area contributed by atoms with Gasteiger partial charge in [0, 0.05) is 70.5 Å². The van der Waals surface area contributed by atoms with Crippen molar-refractivity contribution in [1.82, 2.24) is 19.4 Å². The van der Waals surface area contributed by atoms with Gasteiger partial charge in [-0.1, -0.05) is 0 Å². The number of aromatic nitrogens is 3. The number of hydrogen-bond donors (Lipinski definition) is 0. The second-order valence-corrected chi connectivity index (χ2v) is 11.5. The summed E-state index contributed by atoms with van der Waals surface area (Å²) in [5.41, 5.74) is 0.339. The van der Waals surface area contributed by atoms with Gasteiger partial charge in [-0.25, -0.2) is 4.98 Å². The fourth-order valence-corrected chi connectivity index (χ4v) is 7.31. The van der Waals surface area contributed by atoms with Crippen LogP contribution >= 0.6 is 0 Å². The predicted octanol–water partition coefficient (Wildman–Crippen LogP) is 3.94. The number of pyridine rings is 1. The van der Waals surface area contributed by atoms with Gasteiger partial charge < -0.3 is 23.7 Å². The number of nitrogens with zero attached hydrogens (tertiary/aromatic N) is 4. The van der Waals surface area contributed by atoms with Gasteiger partial charge in [0.2, 0.25) is 5.91 Å². The monoisotopic (exact) mass is 548 g/mol. The van der Waals surface area contributed by atoms with Crippen LogP contribution < -0.4 is 0 Å². The molecule has 1 saturated carbocycles. The average molecular weight is 549 g/mol. The fraction of sp³-hybridized carbons (Fsp3) is 0.679. The maximum Gasteiger partial charge on any atom is 0.417 e. The van der Waals surface area contributed by atoms with Crippen molar-refractivity contribution in [3.63, 3.8) is 0 Å². The SMILES string of the molecule is COC1COCCC1C[C@@H]1C[C@H]2OC(c3nccn3C)C[C@H]2[C@@H]1C(=O)N1CCc2ncc(C(F)(F)F)cc2C1. The van der Waals surface area contributed by atoms with Gasteiger partial charge in [-0.05, 0) is 55.1 Å². The molecule has 0 N–H and O–H groups in total. The van der Waals surface area contributed by atoms with Gasteiger partial charge in [-0.15, -0.1) is 0 Å². The summed E-state index contributed by atoms with van der Waals surface area (Å²) in [4.78, 5) is 24.6. The molecule has 1 aliphatic carbocycles. The zero-order chi connectivity index (χ0) is 27.3. The predicted molar refractivity (Wildman–Crippen MR) is 133 cm³/mol. The Morgan fingerprint density at radius 1 is 1.23 bits per heavy atom. The molecule has 2 aromatic rings. The number of methoxy groups -OCH3 is 1. The van der Waals surface area contributed by atoms with Crippen molar-refractivity contribution in [2.75, 3.05) is 26.9 Å². The van der Waals surface area contributed by atoms with E-state index >= 15 is 0 Å². The number of aryl methyl sites for hydroxylation is 1. The summed E-state index contributed by atoms with van der Waals surface area (Å²) in [5.74, 6) is 1.03. The molecule has 0 aromatic carbocycles. The third-order valence-corrected chi connectivity index (χ3v) is 9.27. The van der Waals surface area contributed by atoms with Gasteiger partial charge in [0.1, 0.15) is 11.9 Å². The Kier molecular flexibility index (Phi) is 7.18. The molecule has 2 saturated heterocycles. The summed E-state index contributed by atoms with van der Waals surface area (Å²) >= 11 is 0. The maximum atomic E-state index is 14.2. The number of hydrogen-bond acceptors (Lipinski definition) is 6. The van der Waals surface area contributed by atoms with E-state index in [9.17, 15) is 18.0 Å². The molecule has 2 aromatic heterocycles. The van der Waals surface area contributed by atoms with Crippen molar-refractivity contribution < 1.29 is 32.2 Å². The van der Waals surface area contributed by atoms with E-state index in [1.165, 1.54) is 0 Å². The molecule has 0 bridgehead atoms. The quantitative estimate of drug-likeness (QED) is 0.563. The maximum absolute atomic E-state index is 14.2. The number of carbonyl (C=O) groups is 1. The third kappa shape index (κ3) is 5.09. The Labute approximate surface area is 225 Å². The molecule has 7 atom stereocenters. The smallest absolute Gasteiger partial charge is 0.379 e. The first-order valence-electron chi connectivity index (χ1n) is 13.8. The number of imidazole rings is 1. The van der Waals surface area contributed by atoms with E-state index in [1.54, 1.807) is 18.2 Å². The molecule has 1 amide bonds. The summed E-state index contributed by atoms with van der Waals surface area (Å²) in [6.07, 6.45) is 3.47. The van der Waals surface area contributed by atoms with Crippen LogP contribution in [0.5, 0.6) is 0 Å². The van der Waals surface area contributed by atoms with Crippen molar-refractivity contribution in [3.05, 3.63) is 47.3 Å². The standard InChI is InChI=1S/C28H35F3N4O4/c1-34-7-5-32-26(34)23-12-20-22(39-23)11-17(9-16-4-8-38-15-24(16)37-2)25(20)27(36)35-6-3-21-18(14-35)10-19(13-33-21)28(29,30)31/h5,7,10,13,16-17,20,22-25H,3-4,6,8-9,11-12,14-15H2,1-2H3/t16?,17-,20-,22-,23?,24?,25-/m1/s1. The lowest BCUT2D eigenvalue weighted by molar-refractivity contribution is -0.140. The van der Waals surface area contributed by atoms with Crippen molar-refractivity contribution in [2.24, 2.45) is 30.7 Å². The van der Waals surface area contributed by atoms with Crippen molar-refractivity contribution in [1.29, 1.82) is 0 Å². The van der Waals surface area contributed by atoms with E-state index < -0.39 is 11.7 Å². The highest BCUT2D eigenvalue weighted by Crippen LogP contribution is 2.53. The summed E-state index contributed by atoms with van der Waals surface area (Å²) < 4.78 is 59.9. The number of carbonyl (C=O) groups excluding carboxylic acids is 1. The first-order valence-corrected chi connectivity index (χ1v) is 13.8. The number of fused-ring (bicyclic) bond motifs is 2. The summed E-state index contributed by atoms with van der Waals surface area (Å²) in [6, 6.07) is 1.15. The number of halogens is 3. The second-order valence-electron chi connectivity index (χ2n) is 11.5. The average Bonchev–Trinajstić information content (AvgIpc) is 3.61. The van der Waals surface area contributed by atoms with Crippen LogP contribution in [0.4, 0.5) is 13.2 Å². The Hall–Kier alpha value is -2.50. The molecule has 6 rings (SSSR count). The van der Waals surface area contributed by atoms with E-state index in [4.69, 9.17) is 14.2 Å². The number of ether oxygens (including phenoxy) is 3. The summed E-state index contributed by atoms with van der Waals surface area (Å²) in [6.45, 7) is 1.83. The van der Waals surface area contributed by atoms with Gasteiger partial charge in [0.25, 0.3) is 0 Å². The van der Waals surface area contributed by atoms with E-state index in [1.807, 2.05) is 17.8 Å². The van der Waals surface area contributed by atoms with Crippen LogP contribution in [0.3, 0.4) is 0 Å². The number of amides is 1. The molecule has 5 heterocycles. The molecular formula is C28H35F3N4O4. The van der Waals surface area contributed by atoms with Gasteiger partial charge in [0.05, 0.1) is 24.4 Å². The molecule has 11 heteroatoms. The van der Waals surface area contributed by atoms with E-state index in [2.05, 4.69) is 9.97 Å². The van der Waals surface area contributed by atoms with Crippen LogP contribution in [0, 0.1) is 23.7 Å². The Balaban J connectivity index is 1.25. The van der Waals surface area contributed by atoms with Gasteiger partial charge >= 0.3 is 6.18 Å². The topological polar surface area (TPSA) is 78.7 Å². The lowest BCUT2D eigenvalue weighted by Crippen LogP contribution is -2.44. The van der Waals surface area contributed by atoms with Crippen LogP contribution in [0.25, 0.3) is 0 Å². The van der Waals surface area contributed by atoms with Gasteiger partial charge in [0.15, 0.2) is 0 Å². The van der Waals surface area contributed by atoms with E-state index in [0.29, 0.717) is 43.9 Å². The Morgan fingerprint density at radius 3 is 2.82 bits per heavy atom. The minimum Gasteiger partial charge on any atom is -0.379 e. The van der Waals surface area contributed by atoms with Crippen LogP contribution in [0.2, 0.25) is 0 Å². The minimum atomic E-state index is -4.47. The highest BCUT2D eigenvalue weighted by Gasteiger charge is 2.54. The largest absolute Gasteiger partial charge is 0.417 e. The van der Waals surface area contributed by atoms with Gasteiger partial charge in [-0.3, -0.25) is 9.78 Å². The molecule has 212 valence electrons. The van der Waals surface area contributed by atoms with Gasteiger partial charge in [-0.2, -0.15) is 13.2 Å². The molecule has 3 unspecified atom stereocenters. The second kappa shape index (κ2) is 10.5. The normalized spacial score (nSPS) is 32.7. The molecule has 4 aliphatic rings. The van der Waals surface area contributed by atoms with Crippen LogP contribution in [-0.4, -0.2) is 64.4 Å². The van der Waals surface area contributed by atoms with Crippen LogP contribution in [0.15, 0.2) is 24.7 Å². The van der Waals surface area contributed by atoms with Crippen molar-refractivity contribution in [3.8, 4) is 0 Å². The Bertz CT molecular complexity index is 1200. The molecule has 8 nitrogen and oxygen atoms in total. The summed E-state index contributed by atoms with van der Waals surface area (Å²) in [5, 5.41) is 0. The molecule has 0 spiro atoms. The van der Waals surface area contributed by atoms with Crippen LogP contribution in [0.1, 0.15) is 54.4 Å². The molecule has 39 heavy (non-hydrogen) atoms. The van der Waals surface area contributed by atoms with E-state index in [-0.39, 0.29) is 54.4 Å². The van der Waals surface area contributed by atoms with Crippen LogP contribution in [-0.2, 0) is 45.2 Å². The third-order valence-electron chi connectivity index (χ3n) is 9.27. The first kappa shape index (κ1) is 26.7. The molecule has 0 radical (unpaired) electrons. The molecule has 3 aliphatic heterocycles. The van der Waals surface area contributed by atoms with Crippen molar-refractivity contribution in [2.45, 2.75) is 63.1 Å². The Morgan fingerprint density at radius 2 is 2.08 bits per heavy atom. The van der Waals surface area contributed by atoms with E-state index in [0.717, 1.165) is 37.4 Å². The van der Waals surface area contributed by atoms with Crippen molar-refractivity contribution >= 4 is 5.91 Å². The number of alkyl halides is 3. The fourth-order valence-electron chi connectivity index (χ4n) is 7.31.